The average molecular weight is 164 g/mol. The van der Waals surface area contributed by atoms with E-state index < -0.39 is 0 Å². The van der Waals surface area contributed by atoms with Crippen LogP contribution in [0.5, 0.6) is 0 Å². The van der Waals surface area contributed by atoms with E-state index in [-0.39, 0.29) is 0 Å². The summed E-state index contributed by atoms with van der Waals surface area (Å²) in [5.74, 6) is 0.604. The van der Waals surface area contributed by atoms with Crippen LogP contribution < -0.4 is 0 Å². The Hall–Kier alpha value is -1.12. The number of rotatable bonds is 3. The van der Waals surface area contributed by atoms with Crippen LogP contribution in [-0.4, -0.2) is 16.1 Å². The van der Waals surface area contributed by atoms with Crippen LogP contribution in [0.1, 0.15) is 41.7 Å². The summed E-state index contributed by atoms with van der Waals surface area (Å²) >= 11 is 0. The van der Waals surface area contributed by atoms with Crippen molar-refractivity contribution in [3.63, 3.8) is 0 Å². The predicted octanol–water partition coefficient (Wildman–Crippen LogP) is 1.59. The molecule has 1 heterocycles. The molecule has 1 aromatic rings. The molecule has 0 unspecified atom stereocenters. The maximum atomic E-state index is 10.6. The van der Waals surface area contributed by atoms with Gasteiger partial charge in [0.05, 0.1) is 17.5 Å². The highest BCUT2D eigenvalue weighted by molar-refractivity contribution is 5.76. The van der Waals surface area contributed by atoms with Crippen molar-refractivity contribution < 1.29 is 4.79 Å². The Morgan fingerprint density at radius 2 is 2.50 bits per heavy atom. The first-order valence-corrected chi connectivity index (χ1v) is 4.37. The summed E-state index contributed by atoms with van der Waals surface area (Å²) in [5.41, 5.74) is 1.92. The van der Waals surface area contributed by atoms with Crippen molar-refractivity contribution in [3.8, 4) is 0 Å². The van der Waals surface area contributed by atoms with Crippen LogP contribution in [0.15, 0.2) is 6.20 Å². The fourth-order valence-corrected chi connectivity index (χ4v) is 1.56. The van der Waals surface area contributed by atoms with Crippen LogP contribution in [-0.2, 0) is 6.54 Å². The van der Waals surface area contributed by atoms with E-state index in [2.05, 4.69) is 5.10 Å². The third-order valence-corrected chi connectivity index (χ3v) is 2.30. The summed E-state index contributed by atoms with van der Waals surface area (Å²) < 4.78 is 1.93. The number of hydrogen-bond acceptors (Lipinski definition) is 2. The summed E-state index contributed by atoms with van der Waals surface area (Å²) in [6.07, 6.45) is 5.01. The Kier molecular flexibility index (Phi) is 1.71. The van der Waals surface area contributed by atoms with Gasteiger partial charge in [-0.3, -0.25) is 9.48 Å². The zero-order valence-corrected chi connectivity index (χ0v) is 7.16. The predicted molar refractivity (Wildman–Crippen MR) is 45.3 cm³/mol. The molecule has 1 aliphatic rings. The molecule has 0 radical (unpaired) electrons. The van der Waals surface area contributed by atoms with Crippen molar-refractivity contribution in [2.75, 3.05) is 0 Å². The molecule has 0 saturated heterocycles. The number of aryl methyl sites for hydroxylation is 1. The van der Waals surface area contributed by atoms with Gasteiger partial charge in [0.25, 0.3) is 0 Å². The van der Waals surface area contributed by atoms with Gasteiger partial charge < -0.3 is 0 Å². The molecule has 64 valence electrons. The van der Waals surface area contributed by atoms with Gasteiger partial charge in [-0.2, -0.15) is 5.10 Å². The Balaban J connectivity index is 2.42. The molecule has 3 nitrogen and oxygen atoms in total. The molecule has 3 heteroatoms. The molecule has 1 aliphatic carbocycles. The molecule has 0 atom stereocenters. The quantitative estimate of drug-likeness (QED) is 0.636. The van der Waals surface area contributed by atoms with Crippen molar-refractivity contribution in [2.45, 2.75) is 32.2 Å². The van der Waals surface area contributed by atoms with Crippen molar-refractivity contribution in [1.82, 2.24) is 9.78 Å². The highest BCUT2D eigenvalue weighted by Crippen LogP contribution is 2.41. The zero-order valence-electron chi connectivity index (χ0n) is 7.16. The molecule has 0 N–H and O–H groups in total. The number of nitrogens with zero attached hydrogens (tertiary/aromatic N) is 2. The van der Waals surface area contributed by atoms with E-state index in [1.54, 1.807) is 6.20 Å². The van der Waals surface area contributed by atoms with Gasteiger partial charge in [-0.25, -0.2) is 0 Å². The van der Waals surface area contributed by atoms with E-state index in [4.69, 9.17) is 0 Å². The molecule has 0 bridgehead atoms. The summed E-state index contributed by atoms with van der Waals surface area (Å²) in [7, 11) is 0. The van der Waals surface area contributed by atoms with Crippen LogP contribution in [0.3, 0.4) is 0 Å². The largest absolute Gasteiger partial charge is 0.298 e. The van der Waals surface area contributed by atoms with Crippen molar-refractivity contribution in [2.24, 2.45) is 0 Å². The zero-order chi connectivity index (χ0) is 8.55. The van der Waals surface area contributed by atoms with Gasteiger partial charge in [0.2, 0.25) is 0 Å². The molecule has 0 amide bonds. The van der Waals surface area contributed by atoms with Crippen LogP contribution >= 0.6 is 0 Å². The third-order valence-electron chi connectivity index (χ3n) is 2.30. The third kappa shape index (κ3) is 1.05. The lowest BCUT2D eigenvalue weighted by atomic mass is 10.2. The van der Waals surface area contributed by atoms with Gasteiger partial charge in [0.15, 0.2) is 6.29 Å². The van der Waals surface area contributed by atoms with E-state index in [9.17, 15) is 4.79 Å². The molecule has 0 spiro atoms. The second-order valence-corrected chi connectivity index (χ2v) is 3.19. The van der Waals surface area contributed by atoms with Gasteiger partial charge in [0.1, 0.15) is 0 Å². The lowest BCUT2D eigenvalue weighted by Gasteiger charge is -2.02. The fourth-order valence-electron chi connectivity index (χ4n) is 1.56. The van der Waals surface area contributed by atoms with Crippen LogP contribution in [0, 0.1) is 0 Å². The molecule has 1 saturated carbocycles. The van der Waals surface area contributed by atoms with Crippen LogP contribution in [0.25, 0.3) is 0 Å². The number of carbonyl (C=O) groups excluding carboxylic acids is 1. The highest BCUT2D eigenvalue weighted by Gasteiger charge is 2.29. The number of carbonyl (C=O) groups is 1. The van der Waals surface area contributed by atoms with Gasteiger partial charge in [-0.15, -0.1) is 0 Å². The molecule has 12 heavy (non-hydrogen) atoms. The Labute approximate surface area is 71.4 Å². The minimum absolute atomic E-state index is 0.604. The second-order valence-electron chi connectivity index (χ2n) is 3.19. The molecule has 0 aromatic carbocycles. The fraction of sp³-hybridized carbons (Fsp3) is 0.556. The van der Waals surface area contributed by atoms with Crippen LogP contribution in [0.4, 0.5) is 0 Å². The summed E-state index contributed by atoms with van der Waals surface area (Å²) in [6.45, 7) is 2.91. The minimum atomic E-state index is 0.604. The first-order chi connectivity index (χ1) is 5.86. The SMILES string of the molecule is CCn1ncc(C=O)c1C1CC1. The van der Waals surface area contributed by atoms with Crippen molar-refractivity contribution in [3.05, 3.63) is 17.5 Å². The summed E-state index contributed by atoms with van der Waals surface area (Å²) in [5, 5.41) is 4.15. The molecular weight excluding hydrogens is 152 g/mol. The average Bonchev–Trinajstić information content (AvgIpc) is 2.85. The maximum Gasteiger partial charge on any atom is 0.153 e. The number of aldehydes is 1. The maximum absolute atomic E-state index is 10.6. The van der Waals surface area contributed by atoms with Gasteiger partial charge >= 0.3 is 0 Å². The smallest absolute Gasteiger partial charge is 0.153 e. The summed E-state index contributed by atoms with van der Waals surface area (Å²) in [4.78, 5) is 10.6. The molecule has 1 aromatic heterocycles. The lowest BCUT2D eigenvalue weighted by molar-refractivity contribution is 0.112. The number of hydrogen-bond donors (Lipinski definition) is 0. The Bertz CT molecular complexity index is 299. The second kappa shape index (κ2) is 2.73. The topological polar surface area (TPSA) is 34.9 Å². The van der Waals surface area contributed by atoms with E-state index >= 15 is 0 Å². The standard InChI is InChI=1S/C9H12N2O/c1-2-11-9(7-3-4-7)8(6-12)5-10-11/h5-7H,2-4H2,1H3. The molecule has 2 rings (SSSR count). The van der Waals surface area contributed by atoms with Crippen molar-refractivity contribution >= 4 is 6.29 Å². The lowest BCUT2D eigenvalue weighted by Crippen LogP contribution is -2.02. The van der Waals surface area contributed by atoms with Gasteiger partial charge in [-0.1, -0.05) is 0 Å². The van der Waals surface area contributed by atoms with Gasteiger partial charge in [0, 0.05) is 12.5 Å². The van der Waals surface area contributed by atoms with E-state index in [0.29, 0.717) is 5.92 Å². The number of aromatic nitrogens is 2. The molecule has 1 fully saturated rings. The Morgan fingerprint density at radius 3 is 3.00 bits per heavy atom. The highest BCUT2D eigenvalue weighted by atomic mass is 16.1. The minimum Gasteiger partial charge on any atom is -0.298 e. The van der Waals surface area contributed by atoms with E-state index in [1.807, 2.05) is 11.6 Å². The molecule has 0 aliphatic heterocycles. The van der Waals surface area contributed by atoms with E-state index in [1.165, 1.54) is 12.8 Å². The monoisotopic (exact) mass is 164 g/mol. The van der Waals surface area contributed by atoms with Crippen LogP contribution in [0.2, 0.25) is 0 Å². The summed E-state index contributed by atoms with van der Waals surface area (Å²) in [6, 6.07) is 0. The Morgan fingerprint density at radius 1 is 1.75 bits per heavy atom. The normalized spacial score (nSPS) is 16.4. The van der Waals surface area contributed by atoms with Crippen molar-refractivity contribution in [1.29, 1.82) is 0 Å². The first-order valence-electron chi connectivity index (χ1n) is 4.37. The van der Waals surface area contributed by atoms with E-state index in [0.717, 1.165) is 24.1 Å². The van der Waals surface area contributed by atoms with Gasteiger partial charge in [-0.05, 0) is 19.8 Å². The first kappa shape index (κ1) is 7.53. The molecular formula is C9H12N2O.